The normalized spacial score (nSPS) is 32.3. The molecule has 2 fully saturated rings. The second-order valence-corrected chi connectivity index (χ2v) is 6.94. The maximum atomic E-state index is 9.90. The van der Waals surface area contributed by atoms with Crippen LogP contribution in [0, 0.1) is 17.3 Å². The number of unbranched alkanes of at least 4 members (excludes halogenated alkanes) is 1. The Bertz CT molecular complexity index is 222. The molecule has 0 radical (unpaired) electrons. The molecular formula is C17H32O. The molecule has 0 aliphatic heterocycles. The Labute approximate surface area is 113 Å². The van der Waals surface area contributed by atoms with Crippen molar-refractivity contribution in [1.29, 1.82) is 0 Å². The summed E-state index contributed by atoms with van der Waals surface area (Å²) in [7, 11) is 0. The van der Waals surface area contributed by atoms with E-state index in [2.05, 4.69) is 6.92 Å². The number of hydrogen-bond acceptors (Lipinski definition) is 1. The lowest BCUT2D eigenvalue weighted by molar-refractivity contribution is -0.00106. The molecule has 1 nitrogen and oxygen atoms in total. The summed E-state index contributed by atoms with van der Waals surface area (Å²) in [5.41, 5.74) is 0.327. The SMILES string of the molecule is CCCCC1CCC(C2(CO)CCCCC2)CC1. The molecule has 0 heterocycles. The van der Waals surface area contributed by atoms with E-state index in [1.54, 1.807) is 0 Å². The van der Waals surface area contributed by atoms with Gasteiger partial charge in [0.25, 0.3) is 0 Å². The molecule has 0 spiro atoms. The maximum Gasteiger partial charge on any atom is 0.0490 e. The number of rotatable bonds is 5. The van der Waals surface area contributed by atoms with Crippen LogP contribution in [0.4, 0.5) is 0 Å². The van der Waals surface area contributed by atoms with Gasteiger partial charge in [0, 0.05) is 6.61 Å². The van der Waals surface area contributed by atoms with Gasteiger partial charge in [-0.3, -0.25) is 0 Å². The Morgan fingerprint density at radius 3 is 2.22 bits per heavy atom. The highest BCUT2D eigenvalue weighted by atomic mass is 16.3. The summed E-state index contributed by atoms with van der Waals surface area (Å²) in [6.45, 7) is 2.76. The van der Waals surface area contributed by atoms with Gasteiger partial charge in [0.05, 0.1) is 0 Å². The van der Waals surface area contributed by atoms with E-state index in [9.17, 15) is 5.11 Å². The highest BCUT2D eigenvalue weighted by Gasteiger charge is 2.40. The summed E-state index contributed by atoms with van der Waals surface area (Å²) >= 11 is 0. The Hall–Kier alpha value is -0.0400. The van der Waals surface area contributed by atoms with E-state index in [1.807, 2.05) is 0 Å². The molecule has 0 amide bonds. The first-order valence-electron chi connectivity index (χ1n) is 8.41. The largest absolute Gasteiger partial charge is 0.396 e. The summed E-state index contributed by atoms with van der Waals surface area (Å²) in [5, 5.41) is 9.90. The van der Waals surface area contributed by atoms with Crippen molar-refractivity contribution in [2.24, 2.45) is 17.3 Å². The molecule has 0 aromatic heterocycles. The number of aliphatic hydroxyl groups excluding tert-OH is 1. The van der Waals surface area contributed by atoms with Crippen LogP contribution in [0.15, 0.2) is 0 Å². The van der Waals surface area contributed by atoms with Crippen molar-refractivity contribution in [3.05, 3.63) is 0 Å². The second kappa shape index (κ2) is 6.93. The molecule has 0 saturated heterocycles. The first-order chi connectivity index (χ1) is 8.80. The molecule has 2 rings (SSSR count). The van der Waals surface area contributed by atoms with Crippen molar-refractivity contribution >= 4 is 0 Å². The third kappa shape index (κ3) is 3.29. The van der Waals surface area contributed by atoms with Gasteiger partial charge < -0.3 is 5.11 Å². The lowest BCUT2D eigenvalue weighted by atomic mass is 9.61. The lowest BCUT2D eigenvalue weighted by Crippen LogP contribution is -2.38. The molecule has 106 valence electrons. The number of aliphatic hydroxyl groups is 1. The summed E-state index contributed by atoms with van der Waals surface area (Å²) in [4.78, 5) is 0. The minimum Gasteiger partial charge on any atom is -0.396 e. The molecule has 1 N–H and O–H groups in total. The van der Waals surface area contributed by atoms with Gasteiger partial charge in [0.15, 0.2) is 0 Å². The molecular weight excluding hydrogens is 220 g/mol. The van der Waals surface area contributed by atoms with Crippen LogP contribution in [0.3, 0.4) is 0 Å². The van der Waals surface area contributed by atoms with Crippen LogP contribution in [0.25, 0.3) is 0 Å². The van der Waals surface area contributed by atoms with Gasteiger partial charge in [-0.1, -0.05) is 58.3 Å². The van der Waals surface area contributed by atoms with Crippen molar-refractivity contribution in [1.82, 2.24) is 0 Å². The van der Waals surface area contributed by atoms with Crippen LogP contribution in [0.1, 0.15) is 84.0 Å². The van der Waals surface area contributed by atoms with Gasteiger partial charge in [-0.2, -0.15) is 0 Å². The highest BCUT2D eigenvalue weighted by Crippen LogP contribution is 2.49. The molecule has 0 bridgehead atoms. The van der Waals surface area contributed by atoms with Gasteiger partial charge in [-0.25, -0.2) is 0 Å². The van der Waals surface area contributed by atoms with E-state index in [1.165, 1.54) is 77.0 Å². The zero-order chi connectivity index (χ0) is 12.8. The fraction of sp³-hybridized carbons (Fsp3) is 1.00. The first-order valence-corrected chi connectivity index (χ1v) is 8.41. The van der Waals surface area contributed by atoms with Crippen molar-refractivity contribution in [2.45, 2.75) is 84.0 Å². The average molecular weight is 252 g/mol. The van der Waals surface area contributed by atoms with Gasteiger partial charge in [0.1, 0.15) is 0 Å². The monoisotopic (exact) mass is 252 g/mol. The standard InChI is InChI=1S/C17H32O/c1-2-3-7-15-8-10-16(11-9-15)17(14-18)12-5-4-6-13-17/h15-16,18H,2-14H2,1H3. The Morgan fingerprint density at radius 2 is 1.67 bits per heavy atom. The zero-order valence-corrected chi connectivity index (χ0v) is 12.3. The third-order valence-electron chi connectivity index (χ3n) is 5.84. The molecule has 2 aliphatic carbocycles. The molecule has 0 atom stereocenters. The molecule has 2 saturated carbocycles. The summed E-state index contributed by atoms with van der Waals surface area (Å²) < 4.78 is 0. The van der Waals surface area contributed by atoms with E-state index < -0.39 is 0 Å². The van der Waals surface area contributed by atoms with Crippen molar-refractivity contribution < 1.29 is 5.11 Å². The average Bonchev–Trinajstić information content (AvgIpc) is 2.46. The Morgan fingerprint density at radius 1 is 1.00 bits per heavy atom. The van der Waals surface area contributed by atoms with E-state index in [-0.39, 0.29) is 0 Å². The molecule has 0 aromatic rings. The number of hydrogen-bond donors (Lipinski definition) is 1. The van der Waals surface area contributed by atoms with Crippen LogP contribution in [-0.2, 0) is 0 Å². The van der Waals surface area contributed by atoms with Crippen molar-refractivity contribution in [2.75, 3.05) is 6.61 Å². The van der Waals surface area contributed by atoms with Crippen LogP contribution in [0.2, 0.25) is 0 Å². The van der Waals surface area contributed by atoms with E-state index in [0.29, 0.717) is 12.0 Å². The highest BCUT2D eigenvalue weighted by molar-refractivity contribution is 4.91. The maximum absolute atomic E-state index is 9.90. The van der Waals surface area contributed by atoms with Crippen molar-refractivity contribution in [3.8, 4) is 0 Å². The van der Waals surface area contributed by atoms with E-state index in [0.717, 1.165) is 11.8 Å². The summed E-state index contributed by atoms with van der Waals surface area (Å²) in [5.74, 6) is 1.83. The zero-order valence-electron chi connectivity index (χ0n) is 12.3. The summed E-state index contributed by atoms with van der Waals surface area (Å²) in [6.07, 6.45) is 16.6. The predicted molar refractivity (Wildman–Crippen MR) is 77.6 cm³/mol. The van der Waals surface area contributed by atoms with Crippen LogP contribution in [-0.4, -0.2) is 11.7 Å². The van der Waals surface area contributed by atoms with Gasteiger partial charge in [-0.05, 0) is 42.9 Å². The topological polar surface area (TPSA) is 20.2 Å². The summed E-state index contributed by atoms with van der Waals surface area (Å²) in [6, 6.07) is 0. The van der Waals surface area contributed by atoms with E-state index >= 15 is 0 Å². The quantitative estimate of drug-likeness (QED) is 0.736. The second-order valence-electron chi connectivity index (χ2n) is 6.94. The van der Waals surface area contributed by atoms with Crippen LogP contribution >= 0.6 is 0 Å². The van der Waals surface area contributed by atoms with Gasteiger partial charge >= 0.3 is 0 Å². The van der Waals surface area contributed by atoms with Crippen LogP contribution < -0.4 is 0 Å². The van der Waals surface area contributed by atoms with Gasteiger partial charge in [-0.15, -0.1) is 0 Å². The molecule has 0 unspecified atom stereocenters. The van der Waals surface area contributed by atoms with Crippen molar-refractivity contribution in [3.63, 3.8) is 0 Å². The van der Waals surface area contributed by atoms with E-state index in [4.69, 9.17) is 0 Å². The molecule has 0 aromatic carbocycles. The molecule has 1 heteroatoms. The minimum atomic E-state index is 0.327. The molecule has 2 aliphatic rings. The smallest absolute Gasteiger partial charge is 0.0490 e. The van der Waals surface area contributed by atoms with Crippen LogP contribution in [0.5, 0.6) is 0 Å². The fourth-order valence-electron chi connectivity index (χ4n) is 4.51. The lowest BCUT2D eigenvalue weighted by Gasteiger charge is -2.45. The predicted octanol–water partition coefficient (Wildman–Crippen LogP) is 4.93. The Balaban J connectivity index is 1.83. The molecule has 18 heavy (non-hydrogen) atoms. The first kappa shape index (κ1) is 14.4. The third-order valence-corrected chi connectivity index (χ3v) is 5.84. The minimum absolute atomic E-state index is 0.327. The Kier molecular flexibility index (Phi) is 5.54. The fourth-order valence-corrected chi connectivity index (χ4v) is 4.51. The van der Waals surface area contributed by atoms with Gasteiger partial charge in [0.2, 0.25) is 0 Å².